The maximum absolute atomic E-state index is 12.9. The summed E-state index contributed by atoms with van der Waals surface area (Å²) in [4.78, 5) is 27.8. The zero-order chi connectivity index (χ0) is 15.4. The number of hydrogen-bond donors (Lipinski definition) is 1. The summed E-state index contributed by atoms with van der Waals surface area (Å²) in [6, 6.07) is -0.133. The van der Waals surface area contributed by atoms with Gasteiger partial charge in [0.15, 0.2) is 0 Å². The first kappa shape index (κ1) is 16.1. The van der Waals surface area contributed by atoms with Crippen LogP contribution >= 0.6 is 0 Å². The lowest BCUT2D eigenvalue weighted by Gasteiger charge is -2.40. The highest BCUT2D eigenvalue weighted by Crippen LogP contribution is 2.24. The van der Waals surface area contributed by atoms with E-state index in [9.17, 15) is 14.7 Å². The molecule has 0 bridgehead atoms. The van der Waals surface area contributed by atoms with E-state index in [4.69, 9.17) is 4.74 Å². The van der Waals surface area contributed by atoms with Crippen LogP contribution in [0.15, 0.2) is 0 Å². The van der Waals surface area contributed by atoms with Crippen molar-refractivity contribution in [3.63, 3.8) is 0 Å². The Morgan fingerprint density at radius 2 is 2.10 bits per heavy atom. The molecular formula is C15H26N2O4. The summed E-state index contributed by atoms with van der Waals surface area (Å²) in [6.07, 6.45) is 4.02. The van der Waals surface area contributed by atoms with Crippen LogP contribution < -0.4 is 0 Å². The number of carboxylic acids is 1. The Kier molecular flexibility index (Phi) is 5.45. The molecule has 6 heteroatoms. The first-order valence-electron chi connectivity index (χ1n) is 7.94. The van der Waals surface area contributed by atoms with Gasteiger partial charge in [0.05, 0.1) is 19.3 Å². The van der Waals surface area contributed by atoms with Gasteiger partial charge in [-0.25, -0.2) is 4.79 Å². The van der Waals surface area contributed by atoms with Gasteiger partial charge in [0.2, 0.25) is 0 Å². The molecule has 120 valence electrons. The van der Waals surface area contributed by atoms with Gasteiger partial charge < -0.3 is 19.6 Å². The number of hydrogen-bond acceptors (Lipinski definition) is 3. The Labute approximate surface area is 126 Å². The van der Waals surface area contributed by atoms with Crippen LogP contribution in [0.3, 0.4) is 0 Å². The molecule has 2 aliphatic heterocycles. The minimum absolute atomic E-state index is 0.0224. The van der Waals surface area contributed by atoms with Gasteiger partial charge in [0.25, 0.3) is 0 Å². The van der Waals surface area contributed by atoms with Crippen LogP contribution in [-0.2, 0) is 9.53 Å². The SMILES string of the molecule is CCCN(C(=O)N1CCCCC1C)C1COCC1C(=O)O. The van der Waals surface area contributed by atoms with Crippen LogP contribution in [0.2, 0.25) is 0 Å². The molecule has 2 amide bonds. The summed E-state index contributed by atoms with van der Waals surface area (Å²) in [7, 11) is 0. The molecule has 3 atom stereocenters. The third-order valence-corrected chi connectivity index (χ3v) is 4.53. The summed E-state index contributed by atoms with van der Waals surface area (Å²) < 4.78 is 5.33. The molecule has 0 aromatic carbocycles. The summed E-state index contributed by atoms with van der Waals surface area (Å²) in [5.74, 6) is -1.49. The lowest BCUT2D eigenvalue weighted by molar-refractivity contribution is -0.142. The van der Waals surface area contributed by atoms with E-state index in [0.29, 0.717) is 13.2 Å². The number of amides is 2. The van der Waals surface area contributed by atoms with Crippen LogP contribution in [0, 0.1) is 5.92 Å². The maximum Gasteiger partial charge on any atom is 0.320 e. The number of aliphatic carboxylic acids is 1. The highest BCUT2D eigenvalue weighted by Gasteiger charge is 2.41. The Bertz CT molecular complexity index is 388. The second-order valence-corrected chi connectivity index (χ2v) is 6.06. The number of carboxylic acid groups (broad SMARTS) is 1. The lowest BCUT2D eigenvalue weighted by atomic mass is 10.0. The van der Waals surface area contributed by atoms with Crippen LogP contribution in [0.1, 0.15) is 39.5 Å². The molecule has 0 aromatic heterocycles. The maximum atomic E-state index is 12.9. The summed E-state index contributed by atoms with van der Waals surface area (Å²) in [5.41, 5.74) is 0. The standard InChI is InChI=1S/C15H26N2O4/c1-3-7-17(13-10-21-9-12(13)14(18)19)15(20)16-8-5-4-6-11(16)2/h11-13H,3-10H2,1-2H3,(H,18,19). The average Bonchev–Trinajstić information content (AvgIpc) is 2.94. The van der Waals surface area contributed by atoms with Gasteiger partial charge in [0, 0.05) is 19.1 Å². The summed E-state index contributed by atoms with van der Waals surface area (Å²) >= 11 is 0. The molecule has 0 saturated carbocycles. The highest BCUT2D eigenvalue weighted by molar-refractivity contribution is 5.77. The summed E-state index contributed by atoms with van der Waals surface area (Å²) in [6.45, 7) is 5.95. The molecule has 3 unspecified atom stereocenters. The number of likely N-dealkylation sites (tertiary alicyclic amines) is 1. The molecule has 2 heterocycles. The van der Waals surface area contributed by atoms with Gasteiger partial charge in [-0.05, 0) is 32.6 Å². The van der Waals surface area contributed by atoms with Gasteiger partial charge in [-0.1, -0.05) is 6.92 Å². The minimum Gasteiger partial charge on any atom is -0.481 e. The normalized spacial score (nSPS) is 29.4. The lowest BCUT2D eigenvalue weighted by Crippen LogP contribution is -2.55. The highest BCUT2D eigenvalue weighted by atomic mass is 16.5. The van der Waals surface area contributed by atoms with Gasteiger partial charge in [-0.3, -0.25) is 4.79 Å². The first-order chi connectivity index (χ1) is 10.1. The molecule has 2 rings (SSSR count). The third kappa shape index (κ3) is 3.48. The number of urea groups is 1. The van der Waals surface area contributed by atoms with Crippen molar-refractivity contribution in [2.75, 3.05) is 26.3 Å². The molecule has 2 saturated heterocycles. The number of carbonyl (C=O) groups is 2. The number of piperidine rings is 1. The van der Waals surface area contributed by atoms with Crippen molar-refractivity contribution in [2.24, 2.45) is 5.92 Å². The van der Waals surface area contributed by atoms with Crippen LogP contribution in [0.4, 0.5) is 4.79 Å². The number of rotatable bonds is 4. The molecule has 21 heavy (non-hydrogen) atoms. The molecule has 0 spiro atoms. The minimum atomic E-state index is -0.877. The van der Waals surface area contributed by atoms with E-state index in [2.05, 4.69) is 6.92 Å². The van der Waals surface area contributed by atoms with Gasteiger partial charge in [0.1, 0.15) is 5.92 Å². The topological polar surface area (TPSA) is 70.1 Å². The molecule has 0 radical (unpaired) electrons. The quantitative estimate of drug-likeness (QED) is 0.859. The Morgan fingerprint density at radius 3 is 2.71 bits per heavy atom. The van der Waals surface area contributed by atoms with Crippen LogP contribution in [0.25, 0.3) is 0 Å². The van der Waals surface area contributed by atoms with Crippen molar-refractivity contribution < 1.29 is 19.4 Å². The molecule has 1 N–H and O–H groups in total. The fourth-order valence-electron chi connectivity index (χ4n) is 3.28. The number of carbonyl (C=O) groups excluding carboxylic acids is 1. The predicted molar refractivity (Wildman–Crippen MR) is 78.1 cm³/mol. The molecule has 6 nitrogen and oxygen atoms in total. The van der Waals surface area contributed by atoms with Crippen molar-refractivity contribution in [2.45, 2.75) is 51.6 Å². The van der Waals surface area contributed by atoms with Crippen LogP contribution in [0.5, 0.6) is 0 Å². The first-order valence-corrected chi connectivity index (χ1v) is 7.94. The predicted octanol–water partition coefficient (Wildman–Crippen LogP) is 1.79. The van der Waals surface area contributed by atoms with E-state index in [1.54, 1.807) is 4.90 Å². The molecule has 2 fully saturated rings. The van der Waals surface area contributed by atoms with E-state index in [0.717, 1.165) is 32.2 Å². The largest absolute Gasteiger partial charge is 0.481 e. The van der Waals surface area contributed by atoms with Crippen molar-refractivity contribution in [3.05, 3.63) is 0 Å². The van der Waals surface area contributed by atoms with Crippen LogP contribution in [-0.4, -0.2) is 65.3 Å². The monoisotopic (exact) mass is 298 g/mol. The van der Waals surface area contributed by atoms with E-state index in [1.807, 2.05) is 11.8 Å². The van der Waals surface area contributed by atoms with Crippen molar-refractivity contribution in [1.82, 2.24) is 9.80 Å². The fraction of sp³-hybridized carbons (Fsp3) is 0.867. The molecule has 0 aromatic rings. The Balaban J connectivity index is 2.13. The smallest absolute Gasteiger partial charge is 0.320 e. The van der Waals surface area contributed by atoms with Crippen molar-refractivity contribution in [3.8, 4) is 0 Å². The van der Waals surface area contributed by atoms with Gasteiger partial charge >= 0.3 is 12.0 Å². The fourth-order valence-corrected chi connectivity index (χ4v) is 3.28. The summed E-state index contributed by atoms with van der Waals surface area (Å²) in [5, 5.41) is 9.31. The average molecular weight is 298 g/mol. The van der Waals surface area contributed by atoms with E-state index >= 15 is 0 Å². The van der Waals surface area contributed by atoms with Gasteiger partial charge in [-0.15, -0.1) is 0 Å². The Hall–Kier alpha value is -1.30. The van der Waals surface area contributed by atoms with Crippen molar-refractivity contribution >= 4 is 12.0 Å². The number of ether oxygens (including phenoxy) is 1. The molecule has 2 aliphatic rings. The van der Waals surface area contributed by atoms with Crippen molar-refractivity contribution in [1.29, 1.82) is 0 Å². The molecule has 0 aliphatic carbocycles. The number of nitrogens with zero attached hydrogens (tertiary/aromatic N) is 2. The van der Waals surface area contributed by atoms with E-state index in [1.165, 1.54) is 0 Å². The molecular weight excluding hydrogens is 272 g/mol. The zero-order valence-electron chi connectivity index (χ0n) is 13.0. The second kappa shape index (κ2) is 7.11. The van der Waals surface area contributed by atoms with E-state index < -0.39 is 11.9 Å². The van der Waals surface area contributed by atoms with E-state index in [-0.39, 0.29) is 24.7 Å². The zero-order valence-corrected chi connectivity index (χ0v) is 13.0. The third-order valence-electron chi connectivity index (χ3n) is 4.53. The second-order valence-electron chi connectivity index (χ2n) is 6.06. The van der Waals surface area contributed by atoms with Gasteiger partial charge in [-0.2, -0.15) is 0 Å². The Morgan fingerprint density at radius 1 is 1.33 bits per heavy atom.